The van der Waals surface area contributed by atoms with Gasteiger partial charge in [0.1, 0.15) is 5.82 Å². The summed E-state index contributed by atoms with van der Waals surface area (Å²) in [6.07, 6.45) is 4.68. The van der Waals surface area contributed by atoms with Crippen molar-refractivity contribution in [1.82, 2.24) is 9.62 Å². The molecule has 160 valence electrons. The molecule has 7 heteroatoms. The molecule has 2 aromatic rings. The van der Waals surface area contributed by atoms with Crippen molar-refractivity contribution >= 4 is 15.9 Å². The lowest BCUT2D eigenvalue weighted by atomic mass is 9.77. The maximum absolute atomic E-state index is 13.5. The Hall–Kier alpha value is -2.25. The number of amides is 1. The Morgan fingerprint density at radius 3 is 2.17 bits per heavy atom. The Morgan fingerprint density at radius 2 is 1.57 bits per heavy atom. The molecule has 2 aromatic carbocycles. The fourth-order valence-electron chi connectivity index (χ4n) is 4.76. The largest absolute Gasteiger partial charge is 0.342 e. The molecule has 30 heavy (non-hydrogen) atoms. The van der Waals surface area contributed by atoms with E-state index in [1.807, 2.05) is 4.90 Å². The van der Waals surface area contributed by atoms with Crippen molar-refractivity contribution in [2.45, 2.75) is 54.9 Å². The average molecular weight is 431 g/mol. The third-order valence-corrected chi connectivity index (χ3v) is 7.96. The van der Waals surface area contributed by atoms with Crippen molar-refractivity contribution < 1.29 is 17.6 Å². The van der Waals surface area contributed by atoms with Gasteiger partial charge < -0.3 is 4.90 Å². The highest BCUT2D eigenvalue weighted by Crippen LogP contribution is 2.43. The molecule has 0 unspecified atom stereocenters. The summed E-state index contributed by atoms with van der Waals surface area (Å²) in [6, 6.07) is 14.5. The van der Waals surface area contributed by atoms with Crippen LogP contribution >= 0.6 is 0 Å². The Labute approximate surface area is 177 Å². The van der Waals surface area contributed by atoms with Crippen LogP contribution in [0.5, 0.6) is 0 Å². The summed E-state index contributed by atoms with van der Waals surface area (Å²) in [5.74, 6) is -0.207. The number of carbonyl (C=O) groups excluding carboxylic acids is 1. The van der Waals surface area contributed by atoms with Gasteiger partial charge in [0.2, 0.25) is 15.9 Å². The summed E-state index contributed by atoms with van der Waals surface area (Å²) < 4.78 is 41.3. The number of rotatable bonds is 5. The van der Waals surface area contributed by atoms with Crippen LogP contribution in [0.2, 0.25) is 0 Å². The average Bonchev–Trinajstić information content (AvgIpc) is 3.26. The molecule has 1 heterocycles. The van der Waals surface area contributed by atoms with Gasteiger partial charge in [-0.1, -0.05) is 43.2 Å². The third-order valence-electron chi connectivity index (χ3n) is 6.42. The van der Waals surface area contributed by atoms with Gasteiger partial charge in [0, 0.05) is 19.1 Å². The first-order valence-corrected chi connectivity index (χ1v) is 12.0. The third kappa shape index (κ3) is 4.14. The second-order valence-corrected chi connectivity index (χ2v) is 10.0. The summed E-state index contributed by atoms with van der Waals surface area (Å²) in [7, 11) is -3.56. The van der Waals surface area contributed by atoms with Gasteiger partial charge >= 0.3 is 0 Å². The first kappa shape index (κ1) is 21.0. The van der Waals surface area contributed by atoms with Crippen LogP contribution in [-0.2, 0) is 20.2 Å². The van der Waals surface area contributed by atoms with E-state index in [2.05, 4.69) is 4.72 Å². The Kier molecular flexibility index (Phi) is 5.93. The molecule has 1 saturated carbocycles. The van der Waals surface area contributed by atoms with Crippen molar-refractivity contribution in [2.75, 3.05) is 13.1 Å². The minimum Gasteiger partial charge on any atom is -0.342 e. The molecule has 1 saturated heterocycles. The highest BCUT2D eigenvalue weighted by molar-refractivity contribution is 7.89. The second-order valence-electron chi connectivity index (χ2n) is 8.30. The number of benzene rings is 2. The van der Waals surface area contributed by atoms with Crippen molar-refractivity contribution in [1.29, 1.82) is 0 Å². The van der Waals surface area contributed by atoms with Crippen LogP contribution < -0.4 is 4.72 Å². The van der Waals surface area contributed by atoms with E-state index in [4.69, 9.17) is 0 Å². The van der Waals surface area contributed by atoms with Crippen LogP contribution in [0.1, 0.15) is 44.1 Å². The zero-order valence-corrected chi connectivity index (χ0v) is 17.7. The highest BCUT2D eigenvalue weighted by Gasteiger charge is 2.45. The van der Waals surface area contributed by atoms with E-state index < -0.39 is 15.4 Å². The quantitative estimate of drug-likeness (QED) is 0.788. The lowest BCUT2D eigenvalue weighted by molar-refractivity contribution is -0.138. The molecular formula is C23H27FN2O3S. The second kappa shape index (κ2) is 8.47. The van der Waals surface area contributed by atoms with Crippen molar-refractivity contribution in [2.24, 2.45) is 0 Å². The van der Waals surface area contributed by atoms with Gasteiger partial charge in [-0.2, -0.15) is 0 Å². The molecule has 1 N–H and O–H groups in total. The zero-order chi connectivity index (χ0) is 21.2. The molecule has 4 rings (SSSR count). The van der Waals surface area contributed by atoms with Gasteiger partial charge in [-0.25, -0.2) is 17.5 Å². The number of sulfonamides is 1. The lowest BCUT2D eigenvalue weighted by Gasteiger charge is -2.39. The van der Waals surface area contributed by atoms with Crippen LogP contribution in [0, 0.1) is 5.82 Å². The summed E-state index contributed by atoms with van der Waals surface area (Å²) in [5.41, 5.74) is 0.308. The molecule has 0 aromatic heterocycles. The minimum atomic E-state index is -3.56. The van der Waals surface area contributed by atoms with Gasteiger partial charge in [0.15, 0.2) is 0 Å². The minimum absolute atomic E-state index is 0.0935. The van der Waals surface area contributed by atoms with E-state index in [1.54, 1.807) is 42.5 Å². The highest BCUT2D eigenvalue weighted by atomic mass is 32.2. The predicted molar refractivity (Wildman–Crippen MR) is 113 cm³/mol. The van der Waals surface area contributed by atoms with E-state index >= 15 is 0 Å². The topological polar surface area (TPSA) is 66.5 Å². The molecular weight excluding hydrogens is 403 g/mol. The fourth-order valence-corrected chi connectivity index (χ4v) is 6.09. The van der Waals surface area contributed by atoms with Gasteiger partial charge in [-0.3, -0.25) is 4.79 Å². The number of carbonyl (C=O) groups is 1. The molecule has 1 amide bonds. The molecule has 2 aliphatic rings. The van der Waals surface area contributed by atoms with Crippen LogP contribution in [-0.4, -0.2) is 38.4 Å². The number of hydrogen-bond acceptors (Lipinski definition) is 3. The molecule has 1 aliphatic carbocycles. The number of halogens is 1. The molecule has 0 radical (unpaired) electrons. The maximum atomic E-state index is 13.5. The van der Waals surface area contributed by atoms with Crippen molar-refractivity contribution in [3.8, 4) is 0 Å². The van der Waals surface area contributed by atoms with E-state index in [-0.39, 0.29) is 22.7 Å². The predicted octanol–water partition coefficient (Wildman–Crippen LogP) is 3.61. The van der Waals surface area contributed by atoms with Crippen molar-refractivity contribution in [3.63, 3.8) is 0 Å². The van der Waals surface area contributed by atoms with Crippen LogP contribution in [0.4, 0.5) is 4.39 Å². The smallest absolute Gasteiger partial charge is 0.240 e. The van der Waals surface area contributed by atoms with Gasteiger partial charge in [-0.15, -0.1) is 0 Å². The number of nitrogens with one attached hydrogen (secondary N) is 1. The summed E-state index contributed by atoms with van der Waals surface area (Å²) >= 11 is 0. The van der Waals surface area contributed by atoms with Gasteiger partial charge in [0.25, 0.3) is 0 Å². The van der Waals surface area contributed by atoms with E-state index in [0.29, 0.717) is 25.9 Å². The summed E-state index contributed by atoms with van der Waals surface area (Å²) in [5, 5.41) is 0. The van der Waals surface area contributed by atoms with E-state index in [9.17, 15) is 17.6 Å². The van der Waals surface area contributed by atoms with E-state index in [0.717, 1.165) is 31.2 Å². The molecule has 0 bridgehead atoms. The monoisotopic (exact) mass is 430 g/mol. The maximum Gasteiger partial charge on any atom is 0.240 e. The number of hydrogen-bond donors (Lipinski definition) is 1. The summed E-state index contributed by atoms with van der Waals surface area (Å²) in [4.78, 5) is 15.6. The Bertz CT molecular complexity index is 979. The SMILES string of the molecule is O=C(N1CCC(NS(=O)(=O)c2ccccc2)CC1)C1(c2ccc(F)cc2)CCCC1. The van der Waals surface area contributed by atoms with Crippen LogP contribution in [0.3, 0.4) is 0 Å². The van der Waals surface area contributed by atoms with Gasteiger partial charge in [0.05, 0.1) is 10.3 Å². The molecule has 1 aliphatic heterocycles. The lowest BCUT2D eigenvalue weighted by Crippen LogP contribution is -2.51. The number of likely N-dealkylation sites (tertiary alicyclic amines) is 1. The normalized spacial score (nSPS) is 19.7. The molecule has 0 atom stereocenters. The number of piperidine rings is 1. The molecule has 5 nitrogen and oxygen atoms in total. The Morgan fingerprint density at radius 1 is 0.967 bits per heavy atom. The number of nitrogens with zero attached hydrogens (tertiary/aromatic N) is 1. The standard InChI is InChI=1S/C23H27FN2O3S/c24-19-10-8-18(9-11-19)23(14-4-5-15-23)22(27)26-16-12-20(13-17-26)25-30(28,29)21-6-2-1-3-7-21/h1-3,6-11,20,25H,4-5,12-17H2. The Balaban J connectivity index is 1.43. The zero-order valence-electron chi connectivity index (χ0n) is 16.9. The molecule has 2 fully saturated rings. The first-order valence-electron chi connectivity index (χ1n) is 10.5. The van der Waals surface area contributed by atoms with Crippen molar-refractivity contribution in [3.05, 3.63) is 66.0 Å². The van der Waals surface area contributed by atoms with Crippen LogP contribution in [0.25, 0.3) is 0 Å². The van der Waals surface area contributed by atoms with E-state index in [1.165, 1.54) is 12.1 Å². The first-order chi connectivity index (χ1) is 14.4. The van der Waals surface area contributed by atoms with Gasteiger partial charge in [-0.05, 0) is 55.5 Å². The fraction of sp³-hybridized carbons (Fsp3) is 0.435. The summed E-state index contributed by atoms with van der Waals surface area (Å²) in [6.45, 7) is 1.04. The van der Waals surface area contributed by atoms with Crippen LogP contribution in [0.15, 0.2) is 59.5 Å². The molecule has 0 spiro atoms.